The molecule has 1 aromatic rings. The molecule has 0 saturated heterocycles. The molecule has 0 aromatic heterocycles. The first-order chi connectivity index (χ1) is 6.24. The summed E-state index contributed by atoms with van der Waals surface area (Å²) in [5.41, 5.74) is 0.993. The molecule has 0 bridgehead atoms. The number of carbonyl (C=O) groups excluding carboxylic acids is 1. The Labute approximate surface area is 176 Å². The largest absolute Gasteiger partial charge is 1.00 e. The van der Waals surface area contributed by atoms with Crippen molar-refractivity contribution in [1.82, 2.24) is 0 Å². The fraction of sp³-hybridized carbons (Fsp3) is 0.200. The van der Waals surface area contributed by atoms with Gasteiger partial charge in [-0.15, -0.1) is 0 Å². The Kier molecular flexibility index (Phi) is 19.9. The summed E-state index contributed by atoms with van der Waals surface area (Å²) in [6.45, 7) is 1.41. The molecule has 16 heavy (non-hydrogen) atoms. The Balaban J connectivity index is -0.000000563. The molecule has 1 unspecified atom stereocenters. The van der Waals surface area contributed by atoms with Crippen molar-refractivity contribution in [2.45, 2.75) is 13.0 Å². The molecule has 0 aliphatic rings. The first-order valence-electron chi connectivity index (χ1n) is 3.89. The zero-order valence-electron chi connectivity index (χ0n) is 8.40. The van der Waals surface area contributed by atoms with Gasteiger partial charge in [0.25, 0.3) is 0 Å². The number of halogens is 3. The van der Waals surface area contributed by atoms with E-state index >= 15 is 0 Å². The summed E-state index contributed by atoms with van der Waals surface area (Å²) in [5, 5.41) is 0. The fourth-order valence-corrected chi connectivity index (χ4v) is 1.55. The van der Waals surface area contributed by atoms with Crippen LogP contribution < -0.4 is 48.0 Å². The molecule has 0 N–H and O–H groups in total. The monoisotopic (exact) mass is 695 g/mol. The van der Waals surface area contributed by atoms with Gasteiger partial charge in [0.1, 0.15) is 6.10 Å². The Hall–Kier alpha value is 2.22. The van der Waals surface area contributed by atoms with E-state index in [0.717, 1.165) is 5.56 Å². The summed E-state index contributed by atoms with van der Waals surface area (Å²) in [4.78, 5) is 10.7. The average Bonchev–Trinajstić information content (AvgIpc) is 2.15. The van der Waals surface area contributed by atoms with Crippen LogP contribution in [0.3, 0.4) is 0 Å². The zero-order valence-corrected chi connectivity index (χ0v) is 17.5. The van der Waals surface area contributed by atoms with Crippen molar-refractivity contribution >= 4 is 28.6 Å². The fourth-order valence-electron chi connectivity index (χ4n) is 0.988. The van der Waals surface area contributed by atoms with E-state index in [0.29, 0.717) is 0 Å². The second kappa shape index (κ2) is 13.6. The maximum Gasteiger partial charge on any atom is 0.303 e. The van der Waals surface area contributed by atoms with Gasteiger partial charge in [-0.05, 0) is 5.56 Å². The van der Waals surface area contributed by atoms with Crippen LogP contribution in [-0.2, 0) is 9.53 Å². The van der Waals surface area contributed by atoms with Crippen molar-refractivity contribution in [3.05, 3.63) is 40.3 Å². The molecular formula is C10H10I3O2Sm-2. The van der Waals surface area contributed by atoms with E-state index in [4.69, 9.17) is 4.74 Å². The van der Waals surface area contributed by atoms with Crippen molar-refractivity contribution < 1.29 is 97.9 Å². The summed E-state index contributed by atoms with van der Waals surface area (Å²) in [5.74, 6) is -0.262. The number of rotatable bonds is 3. The molecule has 1 aromatic carbocycles. The minimum atomic E-state index is -0.262. The van der Waals surface area contributed by atoms with Crippen molar-refractivity contribution in [1.29, 1.82) is 0 Å². The molecule has 1 radical (unpaired) electrons. The van der Waals surface area contributed by atoms with Crippen molar-refractivity contribution in [2.24, 2.45) is 0 Å². The Morgan fingerprint density at radius 1 is 1.31 bits per heavy atom. The third-order valence-electron chi connectivity index (χ3n) is 1.54. The second-order valence-corrected chi connectivity index (χ2v) is 3.29. The number of hydrogen-bond acceptors (Lipinski definition) is 2. The summed E-state index contributed by atoms with van der Waals surface area (Å²) < 4.78 is 6.91. The molecule has 0 aliphatic heterocycles. The number of esters is 1. The number of hydrogen-bond donors (Lipinski definition) is 0. The number of ether oxygens (including phenoxy) is 1. The Morgan fingerprint density at radius 3 is 2.19 bits per heavy atom. The van der Waals surface area contributed by atoms with E-state index in [1.807, 2.05) is 34.8 Å². The van der Waals surface area contributed by atoms with Crippen LogP contribution in [0.1, 0.15) is 18.6 Å². The molecule has 0 saturated carbocycles. The van der Waals surface area contributed by atoms with Gasteiger partial charge in [-0.2, -0.15) is 0 Å². The summed E-state index contributed by atoms with van der Waals surface area (Å²) in [6.07, 6.45) is -0.237. The van der Waals surface area contributed by atoms with Crippen LogP contribution in [0.15, 0.2) is 30.3 Å². The predicted octanol–water partition coefficient (Wildman–Crippen LogP) is -3.10. The van der Waals surface area contributed by atoms with Crippen molar-refractivity contribution in [2.75, 3.05) is 0 Å². The van der Waals surface area contributed by atoms with Crippen molar-refractivity contribution in [3.8, 4) is 0 Å². The molecule has 1 atom stereocenters. The topological polar surface area (TPSA) is 26.3 Å². The number of benzene rings is 1. The molecule has 0 spiro atoms. The van der Waals surface area contributed by atoms with E-state index < -0.39 is 0 Å². The maximum absolute atomic E-state index is 10.7. The summed E-state index contributed by atoms with van der Waals surface area (Å²) in [7, 11) is 0. The first kappa shape index (κ1) is 23.3. The van der Waals surface area contributed by atoms with E-state index in [9.17, 15) is 4.79 Å². The molecule has 91 valence electrons. The molecular weight excluding hydrogens is 683 g/mol. The predicted molar refractivity (Wildman–Crippen MR) is 59.3 cm³/mol. The molecule has 0 amide bonds. The first-order valence-corrected chi connectivity index (χ1v) is 5.14. The Morgan fingerprint density at radius 2 is 1.81 bits per heavy atom. The molecule has 6 heteroatoms. The van der Waals surface area contributed by atoms with Gasteiger partial charge in [0.2, 0.25) is 0 Å². The van der Waals surface area contributed by atoms with E-state index in [1.165, 1.54) is 6.92 Å². The average molecular weight is 693 g/mol. The normalized spacial score (nSPS) is 9.88. The van der Waals surface area contributed by atoms with Crippen molar-refractivity contribution in [3.63, 3.8) is 0 Å². The number of carbonyl (C=O) groups is 1. The maximum atomic E-state index is 10.7. The van der Waals surface area contributed by atoms with Gasteiger partial charge in [0.15, 0.2) is 0 Å². The van der Waals surface area contributed by atoms with Crippen LogP contribution >= 0.6 is 22.6 Å². The molecule has 0 aliphatic carbocycles. The summed E-state index contributed by atoms with van der Waals surface area (Å²) >= 11 is 2.08. The second-order valence-electron chi connectivity index (χ2n) is 2.57. The van der Waals surface area contributed by atoms with Crippen LogP contribution in [0, 0.1) is 44.8 Å². The van der Waals surface area contributed by atoms with Gasteiger partial charge in [-0.3, -0.25) is 4.79 Å². The SMILES string of the molecule is CC(=O)OC([CH]I)c1ccccc1.[I-].[I-].[Sm]. The van der Waals surface area contributed by atoms with E-state index in [2.05, 4.69) is 22.6 Å². The quantitative estimate of drug-likeness (QED) is 0.248. The minimum absolute atomic E-state index is 0. The molecule has 2 nitrogen and oxygen atoms in total. The van der Waals surface area contributed by atoms with E-state index in [1.54, 1.807) is 0 Å². The Bertz CT molecular complexity index is 283. The molecule has 0 fully saturated rings. The van der Waals surface area contributed by atoms with Gasteiger partial charge >= 0.3 is 5.97 Å². The third-order valence-corrected chi connectivity index (χ3v) is 2.19. The van der Waals surface area contributed by atoms with Crippen LogP contribution in [0.5, 0.6) is 0 Å². The van der Waals surface area contributed by atoms with Gasteiger partial charge in [0.05, 0.1) is 4.43 Å². The minimum Gasteiger partial charge on any atom is -1.00 e. The van der Waals surface area contributed by atoms with E-state index in [-0.39, 0.29) is 100 Å². The third kappa shape index (κ3) is 9.19. The molecule has 0 heterocycles. The van der Waals surface area contributed by atoms with Gasteiger partial charge in [0, 0.05) is 47.3 Å². The molecule has 1 rings (SSSR count). The van der Waals surface area contributed by atoms with Crippen LogP contribution in [0.4, 0.5) is 0 Å². The van der Waals surface area contributed by atoms with Gasteiger partial charge in [-0.1, -0.05) is 52.9 Å². The zero-order chi connectivity index (χ0) is 9.68. The van der Waals surface area contributed by atoms with Gasteiger partial charge in [-0.25, -0.2) is 0 Å². The van der Waals surface area contributed by atoms with Crippen LogP contribution in [0.2, 0.25) is 0 Å². The van der Waals surface area contributed by atoms with Crippen LogP contribution in [0.25, 0.3) is 0 Å². The smallest absolute Gasteiger partial charge is 0.303 e. The van der Waals surface area contributed by atoms with Crippen LogP contribution in [-0.4, -0.2) is 5.97 Å². The summed E-state index contributed by atoms with van der Waals surface area (Å²) in [6, 6.07) is 9.64. The standard InChI is InChI=1S/C10H10IO2.2HI.Sm/c1-8(12)13-10(7-11)9-5-3-2-4-6-9;;;/h2-7,10H,1H3;2*1H;/p-2. The van der Waals surface area contributed by atoms with Gasteiger partial charge < -0.3 is 52.7 Å².